The number of carboxylic acid groups (broad SMARTS) is 1. The largest absolute Gasteiger partial charge is 0.481 e. The van der Waals surface area contributed by atoms with Gasteiger partial charge in [-0.25, -0.2) is 4.98 Å². The Bertz CT molecular complexity index is 2200. The van der Waals surface area contributed by atoms with Gasteiger partial charge in [-0.2, -0.15) is 0 Å². The van der Waals surface area contributed by atoms with Gasteiger partial charge >= 0.3 is 5.97 Å². The second kappa shape index (κ2) is 23.3. The predicted octanol–water partition coefficient (Wildman–Crippen LogP) is 0.280. The Balaban J connectivity index is 1.40. The summed E-state index contributed by atoms with van der Waals surface area (Å²) in [6.45, 7) is 7.25. The minimum absolute atomic E-state index is 0.0330. The Morgan fingerprint density at radius 2 is 1.52 bits per heavy atom. The molecule has 2 aromatic carbocycles. The fourth-order valence-electron chi connectivity index (χ4n) is 7.14. The highest BCUT2D eigenvalue weighted by molar-refractivity contribution is 6.03. The van der Waals surface area contributed by atoms with E-state index in [0.717, 1.165) is 0 Å². The fraction of sp³-hybridized carbons (Fsp3) is 0.465. The van der Waals surface area contributed by atoms with E-state index < -0.39 is 89.9 Å². The first kappa shape index (κ1) is 49.5. The first-order valence-electron chi connectivity index (χ1n) is 21.1. The molecule has 1 aromatic heterocycles. The lowest BCUT2D eigenvalue weighted by Crippen LogP contribution is -2.60. The van der Waals surface area contributed by atoms with Crippen LogP contribution in [0, 0.1) is 17.2 Å². The molecular formula is C43H58N12O9. The number of nitrogens with zero attached hydrogens (tertiary/aromatic N) is 3. The van der Waals surface area contributed by atoms with Crippen LogP contribution in [0.5, 0.6) is 0 Å². The van der Waals surface area contributed by atoms with E-state index in [1.165, 1.54) is 11.1 Å². The first-order chi connectivity index (χ1) is 30.4. The van der Waals surface area contributed by atoms with E-state index in [9.17, 15) is 43.5 Å². The van der Waals surface area contributed by atoms with Crippen LogP contribution in [-0.2, 0) is 40.0 Å². The molecule has 0 aliphatic carbocycles. The molecule has 0 bridgehead atoms. The minimum Gasteiger partial charge on any atom is -0.481 e. The second-order valence-electron chi connectivity index (χ2n) is 15.8. The smallest absolute Gasteiger partial charge is 0.305 e. The summed E-state index contributed by atoms with van der Waals surface area (Å²) < 4.78 is 0. The predicted molar refractivity (Wildman–Crippen MR) is 235 cm³/mol. The van der Waals surface area contributed by atoms with E-state index >= 15 is 0 Å². The molecule has 1 aliphatic rings. The molecule has 64 heavy (non-hydrogen) atoms. The lowest BCUT2D eigenvalue weighted by molar-refractivity contribution is -0.144. The third-order valence-corrected chi connectivity index (χ3v) is 11.1. The van der Waals surface area contributed by atoms with Crippen LogP contribution in [0.3, 0.4) is 0 Å². The van der Waals surface area contributed by atoms with E-state index in [4.69, 9.17) is 16.9 Å². The lowest BCUT2D eigenvalue weighted by atomic mass is 9.96. The number of carbonyl (C=O) groups excluding carboxylic acids is 7. The highest BCUT2D eigenvalue weighted by atomic mass is 16.4. The number of hydrogen-bond acceptors (Lipinski definition) is 11. The van der Waals surface area contributed by atoms with Crippen molar-refractivity contribution < 1.29 is 43.5 Å². The number of anilines is 1. The summed E-state index contributed by atoms with van der Waals surface area (Å²) >= 11 is 0. The molecular weight excluding hydrogens is 829 g/mol. The van der Waals surface area contributed by atoms with Crippen LogP contribution in [0.25, 0.3) is 11.0 Å². The van der Waals surface area contributed by atoms with Crippen molar-refractivity contribution in [1.29, 1.82) is 5.41 Å². The number of rotatable bonds is 23. The summed E-state index contributed by atoms with van der Waals surface area (Å²) in [5, 5.41) is 32.8. The Kier molecular flexibility index (Phi) is 18.0. The number of likely N-dealkylation sites (tertiary alicyclic amines) is 1. The molecule has 12 N–H and O–H groups in total. The molecule has 0 spiro atoms. The molecule has 2 heterocycles. The molecule has 0 radical (unpaired) electrons. The number of aromatic nitrogens is 2. The third kappa shape index (κ3) is 13.9. The van der Waals surface area contributed by atoms with Crippen LogP contribution in [0.15, 0.2) is 54.7 Å². The summed E-state index contributed by atoms with van der Waals surface area (Å²) in [4.78, 5) is 115. The quantitative estimate of drug-likeness (QED) is 0.0348. The average Bonchev–Trinajstić information content (AvgIpc) is 3.60. The van der Waals surface area contributed by atoms with Crippen molar-refractivity contribution in [3.63, 3.8) is 0 Å². The molecule has 21 heteroatoms. The number of primary amides is 1. The van der Waals surface area contributed by atoms with Gasteiger partial charge in [0.2, 0.25) is 35.4 Å². The molecule has 1 unspecified atom stereocenters. The van der Waals surface area contributed by atoms with Gasteiger partial charge in [-0.1, -0.05) is 64.8 Å². The molecule has 3 aromatic rings. The maximum atomic E-state index is 14.0. The standard InChI is InChI=1S/C43H58N12O9/c1-5-23(3)35(37(44)59)54-38(60)29(12-9-18-47-43(45)46)52-39(61)31(21-34(57)58)53-41(63)36(24(4)6-2)55-19-17-30(42(55)64)51-33(56)20-25-13-15-26(16-14-25)49-40(62)32-22-48-27-10-7-8-11-28(27)50-32/h7-8,10-11,13-16,22-24,29-31,35-36H,5-6,9,12,17-21H2,1-4H3,(H2,44,59)(H,49,62)(H,51,56)(H,52,61)(H,53,63)(H,54,60)(H,57,58)(H4,45,46,47)/t23-,24-,29+,30+,31?,35-,36-/m0/s1. The molecule has 344 valence electrons. The highest BCUT2D eigenvalue weighted by Crippen LogP contribution is 2.23. The Morgan fingerprint density at radius 3 is 2.14 bits per heavy atom. The molecule has 4 rings (SSSR count). The van der Waals surface area contributed by atoms with Crippen molar-refractivity contribution in [2.24, 2.45) is 23.3 Å². The number of para-hydroxylation sites is 2. The SMILES string of the molecule is CC[C@H](C)[C@H](NC(=O)[C@@H](CCCNC(=N)N)NC(=O)C(CC(=O)O)NC(=O)[C@H]([C@@H](C)CC)N1CC[C@@H](NC(=O)Cc2ccc(NC(=O)c3cnc4ccccc4n3)cc2)C1=O)C(N)=O. The number of amides is 7. The van der Waals surface area contributed by atoms with Gasteiger partial charge in [0.15, 0.2) is 5.96 Å². The number of hydrogen-bond donors (Lipinski definition) is 10. The van der Waals surface area contributed by atoms with Gasteiger partial charge in [0.05, 0.1) is 30.1 Å². The maximum Gasteiger partial charge on any atom is 0.305 e. The second-order valence-corrected chi connectivity index (χ2v) is 15.8. The molecule has 1 aliphatic heterocycles. The van der Waals surface area contributed by atoms with Crippen molar-refractivity contribution in [3.05, 3.63) is 66.0 Å². The van der Waals surface area contributed by atoms with E-state index in [1.807, 2.05) is 6.07 Å². The van der Waals surface area contributed by atoms with Crippen molar-refractivity contribution in [1.82, 2.24) is 41.5 Å². The zero-order chi connectivity index (χ0) is 47.1. The van der Waals surface area contributed by atoms with Gasteiger partial charge in [-0.05, 0) is 60.9 Å². The van der Waals surface area contributed by atoms with Gasteiger partial charge in [-0.15, -0.1) is 0 Å². The zero-order valence-corrected chi connectivity index (χ0v) is 36.3. The van der Waals surface area contributed by atoms with Crippen molar-refractivity contribution in [2.45, 2.75) is 103 Å². The van der Waals surface area contributed by atoms with Crippen LogP contribution < -0.4 is 43.4 Å². The molecule has 21 nitrogen and oxygen atoms in total. The van der Waals surface area contributed by atoms with Crippen molar-refractivity contribution in [2.75, 3.05) is 18.4 Å². The van der Waals surface area contributed by atoms with E-state index in [1.54, 1.807) is 70.2 Å². The monoisotopic (exact) mass is 886 g/mol. The van der Waals surface area contributed by atoms with Crippen LogP contribution in [-0.4, -0.2) is 117 Å². The first-order valence-corrected chi connectivity index (χ1v) is 21.1. The van der Waals surface area contributed by atoms with Crippen molar-refractivity contribution >= 4 is 70.0 Å². The topological polar surface area (TPSA) is 334 Å². The average molecular weight is 887 g/mol. The summed E-state index contributed by atoms with van der Waals surface area (Å²) in [6.07, 6.45) is 1.67. The van der Waals surface area contributed by atoms with E-state index in [0.29, 0.717) is 35.1 Å². The summed E-state index contributed by atoms with van der Waals surface area (Å²) in [7, 11) is 0. The molecule has 7 amide bonds. The van der Waals surface area contributed by atoms with Crippen molar-refractivity contribution in [3.8, 4) is 0 Å². The summed E-state index contributed by atoms with van der Waals surface area (Å²) in [6, 6.07) is 7.52. The number of carboxylic acids is 1. The summed E-state index contributed by atoms with van der Waals surface area (Å²) in [5.41, 5.74) is 13.3. The van der Waals surface area contributed by atoms with Crippen LogP contribution in [0.1, 0.15) is 82.3 Å². The number of nitrogens with one attached hydrogen (secondary N) is 7. The zero-order valence-electron chi connectivity index (χ0n) is 36.3. The molecule has 1 saturated heterocycles. The number of aliphatic carboxylic acids is 1. The van der Waals surface area contributed by atoms with Gasteiger partial charge in [0.1, 0.15) is 35.9 Å². The van der Waals surface area contributed by atoms with Crippen LogP contribution >= 0.6 is 0 Å². The third-order valence-electron chi connectivity index (χ3n) is 11.1. The highest BCUT2D eigenvalue weighted by Gasteiger charge is 2.43. The van der Waals surface area contributed by atoms with E-state index in [-0.39, 0.29) is 56.3 Å². The minimum atomic E-state index is -1.69. The van der Waals surface area contributed by atoms with Gasteiger partial charge in [0, 0.05) is 18.8 Å². The van der Waals surface area contributed by atoms with Crippen LogP contribution in [0.2, 0.25) is 0 Å². The van der Waals surface area contributed by atoms with Gasteiger partial charge < -0.3 is 53.4 Å². The van der Waals surface area contributed by atoms with E-state index in [2.05, 4.69) is 41.9 Å². The molecule has 1 fully saturated rings. The van der Waals surface area contributed by atoms with Gasteiger partial charge in [-0.3, -0.25) is 48.7 Å². The number of benzene rings is 2. The van der Waals surface area contributed by atoms with Crippen LogP contribution in [0.4, 0.5) is 5.69 Å². The van der Waals surface area contributed by atoms with Gasteiger partial charge in [0.25, 0.3) is 5.91 Å². The fourth-order valence-corrected chi connectivity index (χ4v) is 7.14. The maximum absolute atomic E-state index is 14.0. The number of nitrogens with two attached hydrogens (primary N) is 2. The Labute approximate surface area is 370 Å². The summed E-state index contributed by atoms with van der Waals surface area (Å²) in [5.74, 6) is -7.43. The normalized spacial score (nSPS) is 16.3. The Hall–Kier alpha value is -7.19. The lowest BCUT2D eigenvalue weighted by Gasteiger charge is -2.33. The molecule has 7 atom stereocenters. The Morgan fingerprint density at radius 1 is 0.875 bits per heavy atom. The number of guanidine groups is 1. The number of fused-ring (bicyclic) bond motifs is 1. The number of carbonyl (C=O) groups is 8. The molecule has 0 saturated carbocycles.